The highest BCUT2D eigenvalue weighted by Gasteiger charge is 2.22. The molecule has 9 nitrogen and oxygen atoms in total. The molecule has 0 aliphatic rings. The molecule has 0 bridgehead atoms. The molecule has 0 spiro atoms. The number of nitro benzene ring substituents is 1. The summed E-state index contributed by atoms with van der Waals surface area (Å²) in [4.78, 5) is 44.7. The highest BCUT2D eigenvalue weighted by Crippen LogP contribution is 2.22. The lowest BCUT2D eigenvalue weighted by Gasteiger charge is -2.24. The number of nitrogens with one attached hydrogen (secondary N) is 1. The van der Waals surface area contributed by atoms with E-state index in [2.05, 4.69) is 10.3 Å². The molecule has 0 unspecified atom stereocenters. The largest absolute Gasteiger partial charge is 0.328 e. The molecular formula is C19H25N5O4S. The molecule has 2 amide bonds. The lowest BCUT2D eigenvalue weighted by molar-refractivity contribution is -0.385. The maximum atomic E-state index is 13.0. The maximum Gasteiger partial charge on any atom is 0.273 e. The van der Waals surface area contributed by atoms with Crippen LogP contribution in [0.1, 0.15) is 26.5 Å². The monoisotopic (exact) mass is 419 g/mol. The smallest absolute Gasteiger partial charge is 0.273 e. The number of amides is 2. The lowest BCUT2D eigenvalue weighted by Crippen LogP contribution is -2.41. The predicted molar refractivity (Wildman–Crippen MR) is 113 cm³/mol. The Labute approximate surface area is 173 Å². The summed E-state index contributed by atoms with van der Waals surface area (Å²) in [5, 5.41) is 14.4. The molecule has 1 aromatic heterocycles. The summed E-state index contributed by atoms with van der Waals surface area (Å²) in [6.45, 7) is 6.06. The maximum absolute atomic E-state index is 13.0. The number of carbonyl (C=O) groups is 2. The number of hydrogen-bond donors (Lipinski definition) is 1. The quantitative estimate of drug-likeness (QED) is 0.520. The van der Waals surface area contributed by atoms with Gasteiger partial charge in [-0.3, -0.25) is 19.7 Å². The van der Waals surface area contributed by atoms with Crippen molar-refractivity contribution in [2.24, 2.45) is 0 Å². The average molecular weight is 420 g/mol. The minimum Gasteiger partial charge on any atom is -0.328 e. The third-order valence-electron chi connectivity index (χ3n) is 4.37. The summed E-state index contributed by atoms with van der Waals surface area (Å²) in [6, 6.07) is 4.33. The van der Waals surface area contributed by atoms with Gasteiger partial charge in [0.15, 0.2) is 5.13 Å². The van der Waals surface area contributed by atoms with Gasteiger partial charge in [-0.2, -0.15) is 0 Å². The van der Waals surface area contributed by atoms with Crippen LogP contribution >= 0.6 is 11.3 Å². The zero-order valence-electron chi connectivity index (χ0n) is 17.2. The van der Waals surface area contributed by atoms with E-state index in [-0.39, 0.29) is 23.7 Å². The highest BCUT2D eigenvalue weighted by atomic mass is 32.1. The Hall–Kier alpha value is -2.85. The molecule has 0 aliphatic carbocycles. The molecule has 0 fully saturated rings. The van der Waals surface area contributed by atoms with Gasteiger partial charge < -0.3 is 15.1 Å². The molecule has 0 aliphatic heterocycles. The number of aryl methyl sites for hydroxylation is 3. The van der Waals surface area contributed by atoms with Gasteiger partial charge in [0.2, 0.25) is 5.91 Å². The van der Waals surface area contributed by atoms with Crippen molar-refractivity contribution in [3.05, 3.63) is 50.0 Å². The Balaban J connectivity index is 2.20. The number of carbonyl (C=O) groups excluding carboxylic acids is 2. The molecule has 0 radical (unpaired) electrons. The first-order chi connectivity index (χ1) is 13.6. The number of aromatic nitrogens is 1. The fraction of sp³-hybridized carbons (Fsp3) is 0.421. The first-order valence-corrected chi connectivity index (χ1v) is 9.83. The van der Waals surface area contributed by atoms with Crippen LogP contribution in [0.4, 0.5) is 10.8 Å². The van der Waals surface area contributed by atoms with Gasteiger partial charge in [-0.05, 0) is 40.9 Å². The van der Waals surface area contributed by atoms with Gasteiger partial charge in [0.25, 0.3) is 11.6 Å². The normalized spacial score (nSPS) is 10.8. The molecule has 1 N–H and O–H groups in total. The number of likely N-dealkylation sites (N-methyl/N-ethyl adjacent to an activating group) is 1. The number of nitro groups is 1. The Bertz CT molecular complexity index is 906. The van der Waals surface area contributed by atoms with Gasteiger partial charge in [0.1, 0.15) is 6.54 Å². The van der Waals surface area contributed by atoms with Gasteiger partial charge in [-0.1, -0.05) is 6.07 Å². The molecule has 2 aromatic rings. The first kappa shape index (κ1) is 22.4. The SMILES string of the molecule is Cc1ccc(C(=O)N(CCN(C)C)CC(=O)Nc2nc(C)c(C)s2)cc1[N+](=O)[O-]. The van der Waals surface area contributed by atoms with Crippen molar-refractivity contribution in [2.75, 3.05) is 39.0 Å². The van der Waals surface area contributed by atoms with Crippen molar-refractivity contribution in [1.82, 2.24) is 14.8 Å². The van der Waals surface area contributed by atoms with Crippen molar-refractivity contribution < 1.29 is 14.5 Å². The molecule has 0 saturated carbocycles. The van der Waals surface area contributed by atoms with Crippen LogP contribution in [0.15, 0.2) is 18.2 Å². The molecule has 156 valence electrons. The summed E-state index contributed by atoms with van der Waals surface area (Å²) in [6.07, 6.45) is 0. The predicted octanol–water partition coefficient (Wildman–Crippen LogP) is 2.62. The van der Waals surface area contributed by atoms with Crippen molar-refractivity contribution in [3.63, 3.8) is 0 Å². The molecule has 1 heterocycles. The second-order valence-electron chi connectivity index (χ2n) is 7.00. The molecular weight excluding hydrogens is 394 g/mol. The second kappa shape index (κ2) is 9.57. The van der Waals surface area contributed by atoms with E-state index in [1.165, 1.54) is 28.4 Å². The summed E-state index contributed by atoms with van der Waals surface area (Å²) < 4.78 is 0. The van der Waals surface area contributed by atoms with Crippen molar-refractivity contribution in [1.29, 1.82) is 0 Å². The van der Waals surface area contributed by atoms with Crippen LogP contribution in [0.25, 0.3) is 0 Å². The van der Waals surface area contributed by atoms with Gasteiger partial charge in [0, 0.05) is 35.2 Å². The van der Waals surface area contributed by atoms with E-state index in [9.17, 15) is 19.7 Å². The van der Waals surface area contributed by atoms with E-state index in [0.717, 1.165) is 10.6 Å². The number of thiazole rings is 1. The molecule has 1 aromatic carbocycles. The first-order valence-electron chi connectivity index (χ1n) is 9.01. The van der Waals surface area contributed by atoms with Crippen LogP contribution in [0, 0.1) is 30.9 Å². The van der Waals surface area contributed by atoms with Crippen LogP contribution in [0.3, 0.4) is 0 Å². The van der Waals surface area contributed by atoms with Gasteiger partial charge in [-0.15, -0.1) is 11.3 Å². The van der Waals surface area contributed by atoms with Gasteiger partial charge in [-0.25, -0.2) is 4.98 Å². The Kier molecular flexibility index (Phi) is 7.40. The van der Waals surface area contributed by atoms with Gasteiger partial charge in [0.05, 0.1) is 10.6 Å². The summed E-state index contributed by atoms with van der Waals surface area (Å²) >= 11 is 1.37. The Morgan fingerprint density at radius 3 is 2.45 bits per heavy atom. The number of hydrogen-bond acceptors (Lipinski definition) is 7. The molecule has 0 atom stereocenters. The van der Waals surface area contributed by atoms with Gasteiger partial charge >= 0.3 is 0 Å². The van der Waals surface area contributed by atoms with E-state index in [0.29, 0.717) is 23.8 Å². The van der Waals surface area contributed by atoms with Crippen LogP contribution in [0.2, 0.25) is 0 Å². The Morgan fingerprint density at radius 1 is 1.21 bits per heavy atom. The molecule has 29 heavy (non-hydrogen) atoms. The van der Waals surface area contributed by atoms with Crippen molar-refractivity contribution >= 4 is 34.0 Å². The number of nitrogens with zero attached hydrogens (tertiary/aromatic N) is 4. The van der Waals surface area contributed by atoms with Crippen LogP contribution in [-0.4, -0.2) is 65.3 Å². The zero-order valence-corrected chi connectivity index (χ0v) is 18.0. The van der Waals surface area contributed by atoms with E-state index >= 15 is 0 Å². The highest BCUT2D eigenvalue weighted by molar-refractivity contribution is 7.15. The third kappa shape index (κ3) is 6.06. The Morgan fingerprint density at radius 2 is 1.90 bits per heavy atom. The minimum absolute atomic E-state index is 0.124. The number of rotatable bonds is 8. The van der Waals surface area contributed by atoms with E-state index in [1.54, 1.807) is 13.0 Å². The van der Waals surface area contributed by atoms with Crippen LogP contribution in [-0.2, 0) is 4.79 Å². The van der Waals surface area contributed by atoms with E-state index < -0.39 is 10.8 Å². The lowest BCUT2D eigenvalue weighted by atomic mass is 10.1. The summed E-state index contributed by atoms with van der Waals surface area (Å²) in [7, 11) is 3.72. The van der Waals surface area contributed by atoms with Crippen LogP contribution < -0.4 is 5.32 Å². The summed E-state index contributed by atoms with van der Waals surface area (Å²) in [5.41, 5.74) is 1.37. The molecule has 2 rings (SSSR count). The second-order valence-corrected chi connectivity index (χ2v) is 8.20. The molecule has 0 saturated heterocycles. The minimum atomic E-state index is -0.518. The summed E-state index contributed by atoms with van der Waals surface area (Å²) in [5.74, 6) is -0.802. The van der Waals surface area contributed by atoms with Crippen molar-refractivity contribution in [3.8, 4) is 0 Å². The third-order valence-corrected chi connectivity index (χ3v) is 5.35. The van der Waals surface area contributed by atoms with Crippen LogP contribution in [0.5, 0.6) is 0 Å². The van der Waals surface area contributed by atoms with E-state index in [4.69, 9.17) is 0 Å². The fourth-order valence-corrected chi connectivity index (χ4v) is 3.38. The average Bonchev–Trinajstić information content (AvgIpc) is 2.95. The number of benzene rings is 1. The zero-order chi connectivity index (χ0) is 21.7. The fourth-order valence-electron chi connectivity index (χ4n) is 2.55. The van der Waals surface area contributed by atoms with Crippen molar-refractivity contribution in [2.45, 2.75) is 20.8 Å². The molecule has 10 heteroatoms. The standard InChI is InChI=1S/C19H25N5O4S/c1-12-6-7-15(10-16(12)24(27)28)18(26)23(9-8-22(4)5)11-17(25)21-19-20-13(2)14(3)29-19/h6-7,10H,8-9,11H2,1-5H3,(H,20,21,25). The van der Waals surface area contributed by atoms with E-state index in [1.807, 2.05) is 32.8 Å². The topological polar surface area (TPSA) is 109 Å². The number of anilines is 1.